The molecule has 414 valence electrons. The Bertz CT molecular complexity index is 3850. The molecule has 5 aromatic carbocycles. The number of aryl methyl sites for hydroxylation is 3. The number of carbonyl (C=O) groups is 4. The monoisotopic (exact) mass is 1340 g/mol. The van der Waals surface area contributed by atoms with E-state index in [2.05, 4.69) is 60.8 Å². The van der Waals surface area contributed by atoms with Gasteiger partial charge in [-0.3, -0.25) is 38.7 Å². The summed E-state index contributed by atoms with van der Waals surface area (Å²) in [4.78, 5) is 76.7. The van der Waals surface area contributed by atoms with Gasteiger partial charge in [0.1, 0.15) is 7.05 Å². The van der Waals surface area contributed by atoms with Gasteiger partial charge in [0.05, 0.1) is 6.07 Å². The van der Waals surface area contributed by atoms with E-state index in [1.807, 2.05) is 102 Å². The summed E-state index contributed by atoms with van der Waals surface area (Å²) in [6.45, 7) is 2.73. The number of fused-ring (bicyclic) bond motifs is 5. The summed E-state index contributed by atoms with van der Waals surface area (Å²) in [7, 11) is 5.33. The summed E-state index contributed by atoms with van der Waals surface area (Å²) in [5.41, 5.74) is 2.48. The second-order valence-electron chi connectivity index (χ2n) is 15.6. The van der Waals surface area contributed by atoms with E-state index in [9.17, 15) is 28.8 Å². The topological polar surface area (TPSA) is 206 Å². The first-order valence-corrected chi connectivity index (χ1v) is 25.6. The Hall–Kier alpha value is -7.74. The van der Waals surface area contributed by atoms with Crippen LogP contribution in [0.4, 0.5) is 0 Å². The third-order valence-corrected chi connectivity index (χ3v) is 11.4. The van der Waals surface area contributed by atoms with Crippen molar-refractivity contribution in [3.8, 4) is 24.8 Å². The van der Waals surface area contributed by atoms with Crippen molar-refractivity contribution in [2.45, 2.75) is 27.4 Å². The van der Waals surface area contributed by atoms with Crippen molar-refractivity contribution in [3.63, 3.8) is 0 Å². The number of hydrogen-bond acceptors (Lipinski definition) is 10. The molecule has 81 heavy (non-hydrogen) atoms. The molecule has 2 N–H and O–H groups in total. The summed E-state index contributed by atoms with van der Waals surface area (Å²) >= 11 is 5.62. The fourth-order valence-corrected chi connectivity index (χ4v) is 7.79. The van der Waals surface area contributed by atoms with Crippen molar-refractivity contribution >= 4 is 140 Å². The van der Waals surface area contributed by atoms with Gasteiger partial charge in [-0.2, -0.15) is 5.26 Å². The first-order chi connectivity index (χ1) is 36.8. The molecule has 5 heterocycles. The fraction of sp³-hybridized carbons (Fsp3) is 0.127. The predicted molar refractivity (Wildman–Crippen MR) is 336 cm³/mol. The van der Waals surface area contributed by atoms with E-state index in [1.165, 1.54) is 33.8 Å². The van der Waals surface area contributed by atoms with Crippen LogP contribution in [0.15, 0.2) is 185 Å². The zero-order valence-electron chi connectivity index (χ0n) is 45.0. The van der Waals surface area contributed by atoms with Gasteiger partial charge >= 0.3 is 29.0 Å². The van der Waals surface area contributed by atoms with Crippen LogP contribution in [0.3, 0.4) is 0 Å². The van der Waals surface area contributed by atoms with Crippen molar-refractivity contribution in [2.75, 3.05) is 4.93 Å². The van der Waals surface area contributed by atoms with E-state index in [0.717, 1.165) is 56.0 Å². The second-order valence-corrected chi connectivity index (χ2v) is 16.4. The minimum atomic E-state index is -0.784. The van der Waals surface area contributed by atoms with Crippen molar-refractivity contribution in [3.05, 3.63) is 232 Å². The molecular formula is C63H61Br2IMgN6O8. The molecule has 0 bridgehead atoms. The predicted octanol–water partition coefficient (Wildman–Crippen LogP) is 8.32. The number of aromatic nitrogens is 5. The summed E-state index contributed by atoms with van der Waals surface area (Å²) in [5.74, 6) is 1.97. The quantitative estimate of drug-likeness (QED) is 0.0235. The number of esters is 1. The molecule has 5 aromatic heterocycles. The van der Waals surface area contributed by atoms with Gasteiger partial charge in [-0.25, -0.2) is 4.57 Å². The van der Waals surface area contributed by atoms with E-state index in [1.54, 1.807) is 106 Å². The SMILES string of the molecule is Brc1cccc2cnccc12.C.C#CC(OC(C)=O)c1cccc2c(=O)n(C)ccc12.CC#N.CI.C[n+]1ccc2c(C=O)cccc2c1.Cn1ccc2c(C=O)cccc2c1=O.O.O=Cc1cccc2cnccc12.[Br-].[C-]#C.[CH3-].[Mg+2]. The number of pyridine rings is 5. The maximum absolute atomic E-state index is 12.0. The zero-order chi connectivity index (χ0) is 56.2. The van der Waals surface area contributed by atoms with Crippen LogP contribution >= 0.6 is 38.5 Å². The number of rotatable bonds is 5. The number of terminal acetylenes is 2. The van der Waals surface area contributed by atoms with E-state index in [0.29, 0.717) is 32.7 Å². The van der Waals surface area contributed by atoms with Crippen LogP contribution < -0.4 is 32.7 Å². The Morgan fingerprint density at radius 3 is 1.58 bits per heavy atom. The molecule has 10 rings (SSSR count). The molecule has 0 saturated carbocycles. The van der Waals surface area contributed by atoms with Gasteiger partial charge in [-0.05, 0) is 75.0 Å². The number of hydrogen-bond donors (Lipinski definition) is 0. The number of aldehydes is 3. The number of alkyl halides is 1. The van der Waals surface area contributed by atoms with Gasteiger partial charge in [0.2, 0.25) is 0 Å². The van der Waals surface area contributed by atoms with E-state index >= 15 is 0 Å². The standard InChI is InChI=1S/C15H13NO3.C11H9NO2.C11H10NO.C10H7NO.C9H6BrN.C2H3N.C2H.CH3I.CH4.CH3.BrH.Mg.H2O/c1-4-14(19-10(2)17)12-6-5-7-13-11(12)8-9-16(3)15(13)18;1-12-6-5-9-8(7-13)3-2-4-10(9)11(12)14;1-12-6-5-11-9(7-12)3-2-4-10(11)8-13;12-7-9-3-1-2-8-6-11-5-4-10(8)9;10-9-3-1-2-7-6-11-5-4-8(7)9;1-2-3;2*1-2;;;;;/h1,5-9,14H,2-3H3;2-7H,1H3;2-8H,1H3;1-7H;1-6H;1H3;1H;1H3;1H4;1H3;1H;;1H2/q;;+1;;;;-1;;;-1;;+2;/p-1. The van der Waals surface area contributed by atoms with Gasteiger partial charge in [-0.15, -0.1) is 6.42 Å². The molecule has 18 heteroatoms. The fourth-order valence-electron chi connectivity index (χ4n) is 7.28. The van der Waals surface area contributed by atoms with Crippen LogP contribution in [0.2, 0.25) is 0 Å². The summed E-state index contributed by atoms with van der Waals surface area (Å²) in [6.07, 6.45) is 30.5. The first-order valence-electron chi connectivity index (χ1n) is 22.6. The third kappa shape index (κ3) is 22.0. The zero-order valence-corrected chi connectivity index (χ0v) is 51.8. The normalized spacial score (nSPS) is 9.28. The maximum atomic E-state index is 12.0. The van der Waals surface area contributed by atoms with Crippen molar-refractivity contribution < 1.29 is 50.9 Å². The van der Waals surface area contributed by atoms with Crippen molar-refractivity contribution in [1.82, 2.24) is 19.1 Å². The molecule has 1 atom stereocenters. The summed E-state index contributed by atoms with van der Waals surface area (Å²) in [5, 5.41) is 16.3. The Morgan fingerprint density at radius 2 is 1.10 bits per heavy atom. The maximum Gasteiger partial charge on any atom is 2.00 e. The molecule has 0 aliphatic rings. The number of nitrogens with zero attached hydrogens (tertiary/aromatic N) is 6. The average molecular weight is 1340 g/mol. The summed E-state index contributed by atoms with van der Waals surface area (Å²) < 4.78 is 11.2. The molecule has 0 saturated heterocycles. The molecule has 0 spiro atoms. The van der Waals surface area contributed by atoms with E-state index in [-0.39, 0.29) is 71.5 Å². The molecule has 0 radical (unpaired) electrons. The second kappa shape index (κ2) is 41.3. The minimum absolute atomic E-state index is 0. The van der Waals surface area contributed by atoms with Gasteiger partial charge in [0, 0.05) is 130 Å². The average Bonchev–Trinajstić information content (AvgIpc) is 3.45. The van der Waals surface area contributed by atoms with Crippen LogP contribution in [-0.2, 0) is 30.7 Å². The molecule has 0 amide bonds. The van der Waals surface area contributed by atoms with E-state index in [4.69, 9.17) is 22.8 Å². The van der Waals surface area contributed by atoms with Crippen molar-refractivity contribution in [2.24, 2.45) is 21.1 Å². The van der Waals surface area contributed by atoms with Crippen LogP contribution in [0.5, 0.6) is 0 Å². The molecule has 1 unspecified atom stereocenters. The van der Waals surface area contributed by atoms with Crippen LogP contribution in [0.1, 0.15) is 64.0 Å². The molecule has 0 aliphatic heterocycles. The number of halogens is 3. The van der Waals surface area contributed by atoms with Crippen LogP contribution in [0, 0.1) is 43.9 Å². The molecule has 10 aromatic rings. The Balaban J connectivity index is -0.000000907. The molecular weight excluding hydrogens is 1280 g/mol. The number of carbonyl (C=O) groups excluding carboxylic acids is 4. The third-order valence-electron chi connectivity index (χ3n) is 10.7. The smallest absolute Gasteiger partial charge is 1.00 e. The first kappa shape index (κ1) is 77.5. The Labute approximate surface area is 521 Å². The largest absolute Gasteiger partial charge is 2.00 e. The van der Waals surface area contributed by atoms with Crippen LogP contribution in [0.25, 0.3) is 53.9 Å². The van der Waals surface area contributed by atoms with Gasteiger partial charge < -0.3 is 56.6 Å². The Morgan fingerprint density at radius 1 is 0.691 bits per heavy atom. The molecule has 14 nitrogen and oxygen atoms in total. The Kier molecular flexibility index (Phi) is 39.5. The number of ether oxygens (including phenoxy) is 1. The van der Waals surface area contributed by atoms with Gasteiger partial charge in [0.15, 0.2) is 37.4 Å². The van der Waals surface area contributed by atoms with Gasteiger partial charge in [0.25, 0.3) is 11.1 Å². The van der Waals surface area contributed by atoms with Crippen LogP contribution in [-0.4, -0.2) is 77.4 Å². The summed E-state index contributed by atoms with van der Waals surface area (Å²) in [6, 6.07) is 38.9. The minimum Gasteiger partial charge on any atom is -1.00 e. The van der Waals surface area contributed by atoms with Crippen molar-refractivity contribution in [1.29, 1.82) is 5.26 Å². The number of benzene rings is 5. The van der Waals surface area contributed by atoms with Gasteiger partial charge in [-0.1, -0.05) is 119 Å². The van der Waals surface area contributed by atoms with E-state index < -0.39 is 12.1 Å². The molecule has 0 aliphatic carbocycles. The number of nitriles is 1. The molecule has 0 fully saturated rings.